The van der Waals surface area contributed by atoms with E-state index in [0.29, 0.717) is 30.1 Å². The number of hydrogen-bond donors (Lipinski definition) is 2. The molecular formula is C12H12ClIN2O3. The Bertz CT molecular complexity index is 524. The zero-order valence-corrected chi connectivity index (χ0v) is 12.8. The number of likely N-dealkylation sites (tertiary alicyclic amines) is 1. The summed E-state index contributed by atoms with van der Waals surface area (Å²) in [5.41, 5.74) is 0.489. The van der Waals surface area contributed by atoms with E-state index in [1.54, 1.807) is 12.1 Å². The molecule has 7 heteroatoms. The molecule has 2 amide bonds. The molecule has 0 spiro atoms. The van der Waals surface area contributed by atoms with E-state index >= 15 is 0 Å². The molecule has 1 saturated heterocycles. The Morgan fingerprint density at radius 2 is 2.21 bits per heavy atom. The van der Waals surface area contributed by atoms with Gasteiger partial charge in [-0.25, -0.2) is 9.59 Å². The van der Waals surface area contributed by atoms with Crippen molar-refractivity contribution in [3.8, 4) is 0 Å². The summed E-state index contributed by atoms with van der Waals surface area (Å²) < 4.78 is 0.963. The molecule has 0 bridgehead atoms. The first-order chi connectivity index (χ1) is 8.99. The Morgan fingerprint density at radius 1 is 1.47 bits per heavy atom. The maximum atomic E-state index is 12.1. The topological polar surface area (TPSA) is 69.6 Å². The van der Waals surface area contributed by atoms with Crippen molar-refractivity contribution >= 4 is 51.9 Å². The summed E-state index contributed by atoms with van der Waals surface area (Å²) in [5, 5.41) is 12.1. The highest BCUT2D eigenvalue weighted by Gasteiger charge is 2.34. The first kappa shape index (κ1) is 14.4. The van der Waals surface area contributed by atoms with Crippen LogP contribution in [0.15, 0.2) is 18.2 Å². The van der Waals surface area contributed by atoms with Crippen molar-refractivity contribution < 1.29 is 14.7 Å². The molecule has 1 aliphatic heterocycles. The zero-order chi connectivity index (χ0) is 14.0. The maximum Gasteiger partial charge on any atom is 0.326 e. The molecule has 2 rings (SSSR count). The average molecular weight is 395 g/mol. The maximum absolute atomic E-state index is 12.1. The molecule has 0 aromatic heterocycles. The van der Waals surface area contributed by atoms with Crippen LogP contribution in [0.25, 0.3) is 0 Å². The van der Waals surface area contributed by atoms with Gasteiger partial charge in [-0.2, -0.15) is 0 Å². The van der Waals surface area contributed by atoms with Gasteiger partial charge in [0.25, 0.3) is 0 Å². The Kier molecular flexibility index (Phi) is 4.51. The fraction of sp³-hybridized carbons (Fsp3) is 0.333. The molecular weight excluding hydrogens is 382 g/mol. The highest BCUT2D eigenvalue weighted by Crippen LogP contribution is 2.25. The molecule has 0 saturated carbocycles. The minimum atomic E-state index is -0.971. The molecule has 1 aromatic rings. The van der Waals surface area contributed by atoms with E-state index < -0.39 is 18.0 Å². The fourth-order valence-electron chi connectivity index (χ4n) is 2.04. The second kappa shape index (κ2) is 5.96. The number of carbonyl (C=O) groups excluding carboxylic acids is 1. The van der Waals surface area contributed by atoms with Gasteiger partial charge in [-0.15, -0.1) is 0 Å². The van der Waals surface area contributed by atoms with Crippen molar-refractivity contribution in [2.24, 2.45) is 0 Å². The van der Waals surface area contributed by atoms with Crippen LogP contribution < -0.4 is 5.32 Å². The van der Waals surface area contributed by atoms with Crippen molar-refractivity contribution in [2.75, 3.05) is 11.9 Å². The molecule has 1 aliphatic rings. The van der Waals surface area contributed by atoms with Crippen molar-refractivity contribution in [3.63, 3.8) is 0 Å². The number of hydrogen-bond acceptors (Lipinski definition) is 2. The third-order valence-corrected chi connectivity index (χ3v) is 3.96. The normalized spacial score (nSPS) is 18.4. The highest BCUT2D eigenvalue weighted by atomic mass is 127. The summed E-state index contributed by atoms with van der Waals surface area (Å²) in [5.74, 6) is -0.971. The van der Waals surface area contributed by atoms with Gasteiger partial charge in [-0.05, 0) is 53.6 Å². The number of rotatable bonds is 2. The molecule has 0 aliphatic carbocycles. The molecule has 19 heavy (non-hydrogen) atoms. The predicted molar refractivity (Wildman–Crippen MR) is 80.6 cm³/mol. The molecule has 5 nitrogen and oxygen atoms in total. The molecule has 1 fully saturated rings. The van der Waals surface area contributed by atoms with E-state index in [0.717, 1.165) is 3.57 Å². The van der Waals surface area contributed by atoms with Gasteiger partial charge in [0.05, 0.1) is 10.7 Å². The number of carboxylic acids is 1. The van der Waals surface area contributed by atoms with Crippen LogP contribution >= 0.6 is 34.2 Å². The Balaban J connectivity index is 2.10. The Hall–Kier alpha value is -1.02. The van der Waals surface area contributed by atoms with Gasteiger partial charge in [0, 0.05) is 10.1 Å². The monoisotopic (exact) mass is 394 g/mol. The second-order valence-electron chi connectivity index (χ2n) is 4.24. The van der Waals surface area contributed by atoms with E-state index in [-0.39, 0.29) is 0 Å². The molecule has 0 radical (unpaired) electrons. The number of nitrogens with zero attached hydrogens (tertiary/aromatic N) is 1. The summed E-state index contributed by atoms with van der Waals surface area (Å²) in [6.07, 6.45) is 1.19. The van der Waals surface area contributed by atoms with Crippen LogP contribution in [0.1, 0.15) is 12.8 Å². The summed E-state index contributed by atoms with van der Waals surface area (Å²) in [7, 11) is 0. The molecule has 102 valence electrons. The van der Waals surface area contributed by atoms with E-state index in [1.165, 1.54) is 4.90 Å². The summed E-state index contributed by atoms with van der Waals surface area (Å²) in [6, 6.07) is 4.08. The SMILES string of the molecule is O=C(O)[C@@H]1CCCN1C(=O)Nc1ccc(I)cc1Cl. The van der Waals surface area contributed by atoms with Gasteiger partial charge in [0.2, 0.25) is 0 Å². The third kappa shape index (κ3) is 3.30. The van der Waals surface area contributed by atoms with E-state index in [9.17, 15) is 9.59 Å². The van der Waals surface area contributed by atoms with Crippen LogP contribution in [0, 0.1) is 3.57 Å². The Morgan fingerprint density at radius 3 is 2.84 bits per heavy atom. The van der Waals surface area contributed by atoms with E-state index in [2.05, 4.69) is 27.9 Å². The standard InChI is InChI=1S/C12H12ClIN2O3/c13-8-6-7(14)3-4-9(8)15-12(19)16-5-1-2-10(16)11(17)18/h3-4,6,10H,1-2,5H2,(H,15,19)(H,17,18)/t10-/m0/s1. The van der Waals surface area contributed by atoms with Crippen molar-refractivity contribution in [1.29, 1.82) is 0 Å². The lowest BCUT2D eigenvalue weighted by Crippen LogP contribution is -2.42. The smallest absolute Gasteiger partial charge is 0.326 e. The summed E-state index contributed by atoms with van der Waals surface area (Å²) in [4.78, 5) is 24.4. The summed E-state index contributed by atoms with van der Waals surface area (Å²) >= 11 is 8.15. The van der Waals surface area contributed by atoms with Gasteiger partial charge in [-0.3, -0.25) is 0 Å². The first-order valence-electron chi connectivity index (χ1n) is 5.74. The number of benzene rings is 1. The second-order valence-corrected chi connectivity index (χ2v) is 5.90. The number of carboxylic acid groups (broad SMARTS) is 1. The van der Waals surface area contributed by atoms with Crippen LogP contribution in [0.3, 0.4) is 0 Å². The van der Waals surface area contributed by atoms with Gasteiger partial charge >= 0.3 is 12.0 Å². The van der Waals surface area contributed by atoms with Gasteiger partial charge in [0.1, 0.15) is 6.04 Å². The van der Waals surface area contributed by atoms with Gasteiger partial charge in [-0.1, -0.05) is 11.6 Å². The predicted octanol–water partition coefficient (Wildman–Crippen LogP) is 3.03. The average Bonchev–Trinajstić information content (AvgIpc) is 2.82. The minimum absolute atomic E-state index is 0.423. The molecule has 0 unspecified atom stereocenters. The number of amides is 2. The first-order valence-corrected chi connectivity index (χ1v) is 7.20. The zero-order valence-electron chi connectivity index (χ0n) is 9.90. The van der Waals surface area contributed by atoms with Gasteiger partial charge < -0.3 is 15.3 Å². The van der Waals surface area contributed by atoms with Crippen molar-refractivity contribution in [1.82, 2.24) is 4.90 Å². The number of carbonyl (C=O) groups is 2. The number of anilines is 1. The summed E-state index contributed by atoms with van der Waals surface area (Å²) in [6.45, 7) is 0.449. The highest BCUT2D eigenvalue weighted by molar-refractivity contribution is 14.1. The lowest BCUT2D eigenvalue weighted by molar-refractivity contribution is -0.141. The van der Waals surface area contributed by atoms with Crippen molar-refractivity contribution in [3.05, 3.63) is 26.8 Å². The fourth-order valence-corrected chi connectivity index (χ4v) is 2.95. The number of aliphatic carboxylic acids is 1. The number of nitrogens with one attached hydrogen (secondary N) is 1. The van der Waals surface area contributed by atoms with E-state index in [4.69, 9.17) is 16.7 Å². The molecule has 2 N–H and O–H groups in total. The molecule has 1 aromatic carbocycles. The third-order valence-electron chi connectivity index (χ3n) is 2.97. The molecule has 1 atom stereocenters. The van der Waals surface area contributed by atoms with Gasteiger partial charge in [0.15, 0.2) is 0 Å². The lowest BCUT2D eigenvalue weighted by Gasteiger charge is -2.22. The van der Waals surface area contributed by atoms with Crippen LogP contribution in [-0.2, 0) is 4.79 Å². The quantitative estimate of drug-likeness (QED) is 0.758. The minimum Gasteiger partial charge on any atom is -0.480 e. The molecule has 1 heterocycles. The van der Waals surface area contributed by atoms with Crippen LogP contribution in [0.5, 0.6) is 0 Å². The van der Waals surface area contributed by atoms with Crippen LogP contribution in [0.2, 0.25) is 5.02 Å². The number of halogens is 2. The lowest BCUT2D eigenvalue weighted by atomic mass is 10.2. The van der Waals surface area contributed by atoms with Crippen LogP contribution in [0.4, 0.5) is 10.5 Å². The van der Waals surface area contributed by atoms with Crippen LogP contribution in [-0.4, -0.2) is 34.6 Å². The van der Waals surface area contributed by atoms with E-state index in [1.807, 2.05) is 6.07 Å². The Labute approximate surface area is 129 Å². The largest absolute Gasteiger partial charge is 0.480 e. The van der Waals surface area contributed by atoms with Crippen molar-refractivity contribution in [2.45, 2.75) is 18.9 Å². The number of urea groups is 1.